The molecule has 1 heterocycles. The van der Waals surface area contributed by atoms with E-state index in [-0.39, 0.29) is 19.0 Å². The number of quaternary nitrogens is 1. The lowest BCUT2D eigenvalue weighted by atomic mass is 9.99. The molecular weight excluding hydrogens is 441 g/mol. The SMILES string of the molecule is COc1cc(OCC(O)C[NH+]2CC=C(c3ccc(Cl)cc3)CC2)cc(OC)c1OC.[Cl-]. The number of hydrogen-bond donors (Lipinski definition) is 2. The van der Waals surface area contributed by atoms with E-state index in [2.05, 4.69) is 18.2 Å². The number of halogens is 2. The van der Waals surface area contributed by atoms with Gasteiger partial charge in [0.05, 0.1) is 34.4 Å². The van der Waals surface area contributed by atoms with E-state index in [1.165, 1.54) is 16.0 Å². The molecule has 2 aromatic carbocycles. The van der Waals surface area contributed by atoms with Gasteiger partial charge in [0.25, 0.3) is 0 Å². The van der Waals surface area contributed by atoms with Crippen LogP contribution in [0.25, 0.3) is 5.57 Å². The van der Waals surface area contributed by atoms with Crippen LogP contribution in [-0.2, 0) is 0 Å². The first-order valence-electron chi connectivity index (χ1n) is 9.93. The maximum absolute atomic E-state index is 10.5. The Morgan fingerprint density at radius 1 is 1.03 bits per heavy atom. The number of aliphatic hydroxyl groups is 1. The van der Waals surface area contributed by atoms with E-state index in [0.717, 1.165) is 24.5 Å². The molecule has 0 saturated heterocycles. The Labute approximate surface area is 194 Å². The highest BCUT2D eigenvalue weighted by atomic mass is 35.5. The van der Waals surface area contributed by atoms with Crippen LogP contribution in [0.15, 0.2) is 42.5 Å². The van der Waals surface area contributed by atoms with Crippen LogP contribution in [0.1, 0.15) is 12.0 Å². The summed E-state index contributed by atoms with van der Waals surface area (Å²) in [5.41, 5.74) is 2.54. The van der Waals surface area contributed by atoms with Crippen molar-refractivity contribution in [3.63, 3.8) is 0 Å². The molecular formula is C23H29Cl2NO5. The van der Waals surface area contributed by atoms with Crippen molar-refractivity contribution in [3.05, 3.63) is 53.1 Å². The molecule has 170 valence electrons. The second-order valence-electron chi connectivity index (χ2n) is 7.22. The van der Waals surface area contributed by atoms with E-state index in [9.17, 15) is 5.11 Å². The van der Waals surface area contributed by atoms with Crippen molar-refractivity contribution >= 4 is 17.2 Å². The van der Waals surface area contributed by atoms with Gasteiger partial charge < -0.3 is 41.4 Å². The highest BCUT2D eigenvalue weighted by Crippen LogP contribution is 2.40. The molecule has 0 aliphatic carbocycles. The van der Waals surface area contributed by atoms with Crippen molar-refractivity contribution < 1.29 is 41.4 Å². The number of nitrogens with one attached hydrogen (secondary N) is 1. The summed E-state index contributed by atoms with van der Waals surface area (Å²) in [6.07, 6.45) is 2.64. The Hall–Kier alpha value is -2.12. The summed E-state index contributed by atoms with van der Waals surface area (Å²) in [5.74, 6) is 2.10. The largest absolute Gasteiger partial charge is 1.00 e. The van der Waals surface area contributed by atoms with E-state index in [4.69, 9.17) is 30.5 Å². The minimum atomic E-state index is -0.579. The van der Waals surface area contributed by atoms with Gasteiger partial charge in [0.1, 0.15) is 25.0 Å². The van der Waals surface area contributed by atoms with Crippen LogP contribution < -0.4 is 36.3 Å². The molecule has 2 atom stereocenters. The minimum Gasteiger partial charge on any atom is -1.00 e. The molecule has 3 rings (SSSR count). The molecule has 0 bridgehead atoms. The van der Waals surface area contributed by atoms with E-state index in [0.29, 0.717) is 29.5 Å². The van der Waals surface area contributed by atoms with Crippen LogP contribution in [-0.4, -0.2) is 58.8 Å². The van der Waals surface area contributed by atoms with Gasteiger partial charge in [-0.1, -0.05) is 23.7 Å². The third kappa shape index (κ3) is 6.68. The summed E-state index contributed by atoms with van der Waals surface area (Å²) in [7, 11) is 4.67. The average molecular weight is 470 g/mol. The first kappa shape index (κ1) is 25.1. The van der Waals surface area contributed by atoms with Crippen molar-refractivity contribution in [2.45, 2.75) is 12.5 Å². The van der Waals surface area contributed by atoms with Crippen molar-refractivity contribution in [2.24, 2.45) is 0 Å². The minimum absolute atomic E-state index is 0. The fourth-order valence-corrected chi connectivity index (χ4v) is 3.75. The maximum atomic E-state index is 10.5. The van der Waals surface area contributed by atoms with Gasteiger partial charge in [-0.2, -0.15) is 0 Å². The fourth-order valence-electron chi connectivity index (χ4n) is 3.62. The second-order valence-corrected chi connectivity index (χ2v) is 7.66. The lowest BCUT2D eigenvalue weighted by Crippen LogP contribution is -3.13. The molecule has 0 amide bonds. The predicted molar refractivity (Wildman–Crippen MR) is 117 cm³/mol. The Balaban J connectivity index is 0.00000341. The first-order valence-corrected chi connectivity index (χ1v) is 10.3. The Bertz CT molecular complexity index is 848. The van der Waals surface area contributed by atoms with Gasteiger partial charge in [-0.15, -0.1) is 0 Å². The van der Waals surface area contributed by atoms with E-state index in [1.807, 2.05) is 12.1 Å². The number of hydrogen-bond acceptors (Lipinski definition) is 5. The third-order valence-corrected chi connectivity index (χ3v) is 5.46. The third-order valence-electron chi connectivity index (χ3n) is 5.20. The molecule has 0 radical (unpaired) electrons. The molecule has 2 N–H and O–H groups in total. The molecule has 0 saturated carbocycles. The average Bonchev–Trinajstić information content (AvgIpc) is 2.78. The first-order chi connectivity index (χ1) is 14.5. The van der Waals surface area contributed by atoms with Crippen LogP contribution in [0.2, 0.25) is 5.02 Å². The molecule has 1 aliphatic heterocycles. The zero-order valence-corrected chi connectivity index (χ0v) is 19.5. The highest BCUT2D eigenvalue weighted by molar-refractivity contribution is 6.30. The van der Waals surface area contributed by atoms with Gasteiger partial charge in [0, 0.05) is 23.6 Å². The van der Waals surface area contributed by atoms with E-state index >= 15 is 0 Å². The van der Waals surface area contributed by atoms with Crippen molar-refractivity contribution in [3.8, 4) is 23.0 Å². The quantitative estimate of drug-likeness (QED) is 0.517. The van der Waals surface area contributed by atoms with Crippen molar-refractivity contribution in [1.29, 1.82) is 0 Å². The van der Waals surface area contributed by atoms with E-state index in [1.54, 1.807) is 33.5 Å². The number of ether oxygens (including phenoxy) is 4. The molecule has 2 unspecified atom stereocenters. The van der Waals surface area contributed by atoms with Crippen LogP contribution in [0, 0.1) is 0 Å². The van der Waals surface area contributed by atoms with Crippen molar-refractivity contribution in [2.75, 3.05) is 47.6 Å². The lowest BCUT2D eigenvalue weighted by molar-refractivity contribution is -0.898. The highest BCUT2D eigenvalue weighted by Gasteiger charge is 2.20. The van der Waals surface area contributed by atoms with Gasteiger partial charge in [0.15, 0.2) is 11.5 Å². The summed E-state index contributed by atoms with van der Waals surface area (Å²) in [4.78, 5) is 1.33. The molecule has 0 aromatic heterocycles. The standard InChI is InChI=1S/C23H28ClNO5.ClH/c1-27-21-12-20(13-22(28-2)23(21)29-3)30-15-19(26)14-25-10-8-17(9-11-25)16-4-6-18(24)7-5-16;/h4-8,12-13,19,26H,9-11,14-15H2,1-3H3;1H. The van der Waals surface area contributed by atoms with Crippen LogP contribution in [0.5, 0.6) is 23.0 Å². The van der Waals surface area contributed by atoms with Gasteiger partial charge in [-0.3, -0.25) is 0 Å². The molecule has 1 aliphatic rings. The molecule has 0 fully saturated rings. The zero-order chi connectivity index (χ0) is 21.5. The Morgan fingerprint density at radius 2 is 1.68 bits per heavy atom. The van der Waals surface area contributed by atoms with Gasteiger partial charge in [-0.25, -0.2) is 0 Å². The summed E-state index contributed by atoms with van der Waals surface area (Å²) in [5, 5.41) is 11.2. The molecule has 31 heavy (non-hydrogen) atoms. The number of benzene rings is 2. The molecule has 8 heteroatoms. The predicted octanol–water partition coefficient (Wildman–Crippen LogP) is -0.518. The fraction of sp³-hybridized carbons (Fsp3) is 0.391. The van der Waals surface area contributed by atoms with Crippen LogP contribution in [0.4, 0.5) is 0 Å². The van der Waals surface area contributed by atoms with Gasteiger partial charge >= 0.3 is 0 Å². The van der Waals surface area contributed by atoms with Gasteiger partial charge in [0.2, 0.25) is 5.75 Å². The number of rotatable bonds is 9. The molecule has 6 nitrogen and oxygen atoms in total. The second kappa shape index (κ2) is 12.1. The van der Waals surface area contributed by atoms with Crippen LogP contribution >= 0.6 is 11.6 Å². The van der Waals surface area contributed by atoms with Gasteiger partial charge in [-0.05, 0) is 29.3 Å². The van der Waals surface area contributed by atoms with E-state index < -0.39 is 6.10 Å². The summed E-state index contributed by atoms with van der Waals surface area (Å²) in [6.45, 7) is 2.65. The molecule has 0 spiro atoms. The Kier molecular flexibility index (Phi) is 9.78. The summed E-state index contributed by atoms with van der Waals surface area (Å²) < 4.78 is 21.8. The number of methoxy groups -OCH3 is 3. The monoisotopic (exact) mass is 469 g/mol. The van der Waals surface area contributed by atoms with Crippen LogP contribution in [0.3, 0.4) is 0 Å². The number of aliphatic hydroxyl groups excluding tert-OH is 1. The maximum Gasteiger partial charge on any atom is 0.203 e. The lowest BCUT2D eigenvalue weighted by Gasteiger charge is -2.26. The topological polar surface area (TPSA) is 61.6 Å². The summed E-state index contributed by atoms with van der Waals surface area (Å²) >= 11 is 5.97. The normalized spacial score (nSPS) is 16.5. The zero-order valence-electron chi connectivity index (χ0n) is 18.0. The Morgan fingerprint density at radius 3 is 2.19 bits per heavy atom. The van der Waals surface area contributed by atoms with Crippen molar-refractivity contribution in [1.82, 2.24) is 0 Å². The smallest absolute Gasteiger partial charge is 0.203 e. The molecule has 2 aromatic rings. The summed E-state index contributed by atoms with van der Waals surface area (Å²) in [6, 6.07) is 11.4.